The molecule has 21 heavy (non-hydrogen) atoms. The van der Waals surface area contributed by atoms with Crippen molar-refractivity contribution >= 4 is 17.2 Å². The number of nitrogens with two attached hydrogens (primary N) is 1. The Kier molecular flexibility index (Phi) is 4.87. The molecule has 1 heterocycles. The van der Waals surface area contributed by atoms with E-state index in [2.05, 4.69) is 10.3 Å². The molecule has 0 radical (unpaired) electrons. The van der Waals surface area contributed by atoms with E-state index >= 15 is 0 Å². The molecule has 5 nitrogen and oxygen atoms in total. The smallest absolute Gasteiger partial charge is 0.239 e. The van der Waals surface area contributed by atoms with Crippen LogP contribution in [0.5, 0.6) is 11.6 Å². The standard InChI is InChI=1S/C16H21N3O2/c1-4-20-16-14(17)9-10-15(19-16)18-12-5-7-13(8-6-12)21-11(2)3/h5-11H,4,17H2,1-3H3,(H,18,19). The van der Waals surface area contributed by atoms with Crippen LogP contribution in [0.25, 0.3) is 0 Å². The number of rotatable bonds is 6. The van der Waals surface area contributed by atoms with Gasteiger partial charge in [-0.3, -0.25) is 0 Å². The van der Waals surface area contributed by atoms with Crippen LogP contribution >= 0.6 is 0 Å². The van der Waals surface area contributed by atoms with Crippen LogP contribution in [0.1, 0.15) is 20.8 Å². The fourth-order valence-corrected chi connectivity index (χ4v) is 1.81. The quantitative estimate of drug-likeness (QED) is 0.849. The molecule has 2 rings (SSSR count). The van der Waals surface area contributed by atoms with Crippen molar-refractivity contribution in [1.29, 1.82) is 0 Å². The van der Waals surface area contributed by atoms with Gasteiger partial charge in [0.2, 0.25) is 5.88 Å². The summed E-state index contributed by atoms with van der Waals surface area (Å²) in [7, 11) is 0. The van der Waals surface area contributed by atoms with Crippen LogP contribution in [0.15, 0.2) is 36.4 Å². The SMILES string of the molecule is CCOc1nc(Nc2ccc(OC(C)C)cc2)ccc1N. The minimum Gasteiger partial charge on any atom is -0.491 e. The number of hydrogen-bond donors (Lipinski definition) is 2. The van der Waals surface area contributed by atoms with Gasteiger partial charge in [0.25, 0.3) is 0 Å². The Morgan fingerprint density at radius 1 is 1.14 bits per heavy atom. The first-order valence-corrected chi connectivity index (χ1v) is 7.01. The first-order chi connectivity index (χ1) is 10.1. The number of nitrogen functional groups attached to an aromatic ring is 1. The monoisotopic (exact) mass is 287 g/mol. The van der Waals surface area contributed by atoms with Crippen molar-refractivity contribution in [3.8, 4) is 11.6 Å². The van der Waals surface area contributed by atoms with E-state index in [-0.39, 0.29) is 6.10 Å². The van der Waals surface area contributed by atoms with Crippen molar-refractivity contribution in [2.75, 3.05) is 17.7 Å². The Hall–Kier alpha value is -2.43. The zero-order valence-electron chi connectivity index (χ0n) is 12.6. The van der Waals surface area contributed by atoms with E-state index in [1.807, 2.05) is 51.1 Å². The topological polar surface area (TPSA) is 69.4 Å². The second kappa shape index (κ2) is 6.83. The molecular weight excluding hydrogens is 266 g/mol. The molecule has 0 fully saturated rings. The van der Waals surface area contributed by atoms with E-state index in [9.17, 15) is 0 Å². The molecule has 0 atom stereocenters. The number of anilines is 3. The molecule has 0 saturated heterocycles. The third-order valence-corrected chi connectivity index (χ3v) is 2.67. The molecule has 1 aromatic heterocycles. The molecule has 0 aliphatic rings. The van der Waals surface area contributed by atoms with Gasteiger partial charge in [-0.15, -0.1) is 0 Å². The zero-order valence-corrected chi connectivity index (χ0v) is 12.6. The fourth-order valence-electron chi connectivity index (χ4n) is 1.81. The van der Waals surface area contributed by atoms with Crippen LogP contribution in [-0.2, 0) is 0 Å². The average molecular weight is 287 g/mol. The maximum absolute atomic E-state index is 5.80. The third-order valence-electron chi connectivity index (χ3n) is 2.67. The normalized spacial score (nSPS) is 10.5. The number of aromatic nitrogens is 1. The van der Waals surface area contributed by atoms with Crippen LogP contribution in [-0.4, -0.2) is 17.7 Å². The Balaban J connectivity index is 2.09. The minimum atomic E-state index is 0.163. The summed E-state index contributed by atoms with van der Waals surface area (Å²) in [5.41, 5.74) is 7.26. The van der Waals surface area contributed by atoms with Gasteiger partial charge in [-0.05, 0) is 57.2 Å². The van der Waals surface area contributed by atoms with E-state index in [4.69, 9.17) is 15.2 Å². The minimum absolute atomic E-state index is 0.163. The highest BCUT2D eigenvalue weighted by Crippen LogP contribution is 2.24. The molecule has 5 heteroatoms. The Labute approximate surface area is 125 Å². The number of benzene rings is 1. The molecule has 0 aliphatic heterocycles. The van der Waals surface area contributed by atoms with Gasteiger partial charge in [-0.2, -0.15) is 4.98 Å². The zero-order chi connectivity index (χ0) is 15.2. The van der Waals surface area contributed by atoms with Crippen LogP contribution < -0.4 is 20.5 Å². The van der Waals surface area contributed by atoms with Gasteiger partial charge in [0, 0.05) is 5.69 Å². The molecule has 0 saturated carbocycles. The molecular formula is C16H21N3O2. The predicted molar refractivity (Wildman–Crippen MR) is 85.3 cm³/mol. The highest BCUT2D eigenvalue weighted by molar-refractivity contribution is 5.61. The summed E-state index contributed by atoms with van der Waals surface area (Å²) < 4.78 is 11.0. The van der Waals surface area contributed by atoms with Crippen molar-refractivity contribution in [1.82, 2.24) is 4.98 Å². The van der Waals surface area contributed by atoms with Crippen LogP contribution in [0.4, 0.5) is 17.2 Å². The summed E-state index contributed by atoms with van der Waals surface area (Å²) in [6.45, 7) is 6.43. The van der Waals surface area contributed by atoms with Gasteiger partial charge < -0.3 is 20.5 Å². The predicted octanol–water partition coefficient (Wildman–Crippen LogP) is 3.59. The van der Waals surface area contributed by atoms with Gasteiger partial charge in [-0.25, -0.2) is 0 Å². The lowest BCUT2D eigenvalue weighted by Crippen LogP contribution is -2.05. The summed E-state index contributed by atoms with van der Waals surface area (Å²) in [6.07, 6.45) is 0.163. The highest BCUT2D eigenvalue weighted by atomic mass is 16.5. The average Bonchev–Trinajstić information content (AvgIpc) is 2.44. The Bertz CT molecular complexity index is 583. The van der Waals surface area contributed by atoms with E-state index < -0.39 is 0 Å². The molecule has 0 bridgehead atoms. The van der Waals surface area contributed by atoms with Crippen molar-refractivity contribution in [2.24, 2.45) is 0 Å². The molecule has 112 valence electrons. The first kappa shape index (κ1) is 15.0. The largest absolute Gasteiger partial charge is 0.491 e. The lowest BCUT2D eigenvalue weighted by molar-refractivity contribution is 0.242. The van der Waals surface area contributed by atoms with Gasteiger partial charge in [-0.1, -0.05) is 0 Å². The van der Waals surface area contributed by atoms with Crippen LogP contribution in [0, 0.1) is 0 Å². The van der Waals surface area contributed by atoms with Crippen molar-refractivity contribution < 1.29 is 9.47 Å². The van der Waals surface area contributed by atoms with E-state index in [1.54, 1.807) is 6.07 Å². The molecule has 1 aromatic carbocycles. The van der Waals surface area contributed by atoms with Crippen molar-refractivity contribution in [3.63, 3.8) is 0 Å². The third kappa shape index (κ3) is 4.27. The maximum atomic E-state index is 5.80. The lowest BCUT2D eigenvalue weighted by atomic mass is 10.3. The number of nitrogens with zero attached hydrogens (tertiary/aromatic N) is 1. The molecule has 0 spiro atoms. The van der Waals surface area contributed by atoms with E-state index in [0.29, 0.717) is 24.0 Å². The molecule has 2 aromatic rings. The molecule has 0 amide bonds. The maximum Gasteiger partial charge on any atom is 0.239 e. The summed E-state index contributed by atoms with van der Waals surface area (Å²) in [4.78, 5) is 4.34. The Morgan fingerprint density at radius 3 is 2.48 bits per heavy atom. The van der Waals surface area contributed by atoms with Gasteiger partial charge in [0.1, 0.15) is 11.6 Å². The molecule has 3 N–H and O–H groups in total. The van der Waals surface area contributed by atoms with Crippen molar-refractivity contribution in [3.05, 3.63) is 36.4 Å². The second-order valence-electron chi connectivity index (χ2n) is 4.84. The summed E-state index contributed by atoms with van der Waals surface area (Å²) in [5.74, 6) is 1.98. The second-order valence-corrected chi connectivity index (χ2v) is 4.84. The number of ether oxygens (including phenoxy) is 2. The van der Waals surface area contributed by atoms with E-state index in [1.165, 1.54) is 0 Å². The van der Waals surface area contributed by atoms with Gasteiger partial charge in [0.05, 0.1) is 18.4 Å². The van der Waals surface area contributed by atoms with Crippen LogP contribution in [0.2, 0.25) is 0 Å². The lowest BCUT2D eigenvalue weighted by Gasteiger charge is -2.12. The number of nitrogens with one attached hydrogen (secondary N) is 1. The molecule has 0 aliphatic carbocycles. The summed E-state index contributed by atoms with van der Waals surface area (Å²) in [5, 5.41) is 3.21. The highest BCUT2D eigenvalue weighted by Gasteiger charge is 2.04. The summed E-state index contributed by atoms with van der Waals surface area (Å²) >= 11 is 0. The fraction of sp³-hybridized carbons (Fsp3) is 0.312. The van der Waals surface area contributed by atoms with Crippen LogP contribution in [0.3, 0.4) is 0 Å². The summed E-state index contributed by atoms with van der Waals surface area (Å²) in [6, 6.07) is 11.3. The molecule has 0 unspecified atom stereocenters. The van der Waals surface area contributed by atoms with Gasteiger partial charge in [0.15, 0.2) is 0 Å². The number of pyridine rings is 1. The number of hydrogen-bond acceptors (Lipinski definition) is 5. The Morgan fingerprint density at radius 2 is 1.86 bits per heavy atom. The van der Waals surface area contributed by atoms with E-state index in [0.717, 1.165) is 11.4 Å². The first-order valence-electron chi connectivity index (χ1n) is 7.01. The van der Waals surface area contributed by atoms with Gasteiger partial charge >= 0.3 is 0 Å². The van der Waals surface area contributed by atoms with Crippen molar-refractivity contribution in [2.45, 2.75) is 26.9 Å².